The Bertz CT molecular complexity index is 985. The number of hydrogen-bond donors (Lipinski definition) is 1. The van der Waals surface area contributed by atoms with Crippen molar-refractivity contribution < 1.29 is 33.6 Å². The van der Waals surface area contributed by atoms with E-state index >= 15 is 0 Å². The number of halogens is 1. The van der Waals surface area contributed by atoms with E-state index in [0.29, 0.717) is 29.2 Å². The zero-order valence-corrected chi connectivity index (χ0v) is 22.1. The number of hydrogen-bond acceptors (Lipinski definition) is 6. The summed E-state index contributed by atoms with van der Waals surface area (Å²) in [6, 6.07) is 10.7. The summed E-state index contributed by atoms with van der Waals surface area (Å²) in [4.78, 5) is 25.3. The fraction of sp³-hybridized carbons (Fsp3) is 0.462. The second kappa shape index (κ2) is 12.1. The van der Waals surface area contributed by atoms with Gasteiger partial charge in [-0.2, -0.15) is 0 Å². The number of carboxylic acid groups (broad SMARTS) is 1. The standard InChI is InChI=1S/C26H33BrO7/c1-16(2)33-20-9-7-18(8-10-20)15-26(24(28)29,25(30)32-6)12-11-19-13-23(34-17(3)4)22(31-5)14-21(19)27/h7-10,13-14,16-17H,11-12,15H2,1-6H3,(H,28,29). The van der Waals surface area contributed by atoms with Gasteiger partial charge in [0.05, 0.1) is 26.4 Å². The number of carbonyl (C=O) groups excluding carboxylic acids is 1. The quantitative estimate of drug-likeness (QED) is 0.284. The molecule has 0 aliphatic carbocycles. The fourth-order valence-corrected chi connectivity index (χ4v) is 4.18. The molecule has 0 aliphatic rings. The Morgan fingerprint density at radius 1 is 0.971 bits per heavy atom. The van der Waals surface area contributed by atoms with E-state index in [9.17, 15) is 14.7 Å². The molecule has 0 heterocycles. The van der Waals surface area contributed by atoms with Crippen molar-refractivity contribution >= 4 is 27.9 Å². The van der Waals surface area contributed by atoms with Crippen LogP contribution in [0.2, 0.25) is 0 Å². The van der Waals surface area contributed by atoms with Gasteiger partial charge in [-0.3, -0.25) is 9.59 Å². The highest BCUT2D eigenvalue weighted by atomic mass is 79.9. The van der Waals surface area contributed by atoms with Gasteiger partial charge in [0.15, 0.2) is 16.9 Å². The molecule has 0 radical (unpaired) electrons. The number of aryl methyl sites for hydroxylation is 1. The summed E-state index contributed by atoms with van der Waals surface area (Å²) in [7, 11) is 2.76. The van der Waals surface area contributed by atoms with Crippen LogP contribution in [0.25, 0.3) is 0 Å². The average molecular weight is 537 g/mol. The molecule has 0 amide bonds. The van der Waals surface area contributed by atoms with Gasteiger partial charge in [-0.25, -0.2) is 0 Å². The summed E-state index contributed by atoms with van der Waals surface area (Å²) < 4.78 is 22.6. The van der Waals surface area contributed by atoms with Crippen LogP contribution in [0.3, 0.4) is 0 Å². The third-order valence-electron chi connectivity index (χ3n) is 5.30. The van der Waals surface area contributed by atoms with Crippen LogP contribution in [0.5, 0.6) is 17.2 Å². The number of carboxylic acids is 1. The molecule has 1 atom stereocenters. The Morgan fingerprint density at radius 2 is 1.59 bits per heavy atom. The van der Waals surface area contributed by atoms with E-state index in [1.165, 1.54) is 7.11 Å². The molecular formula is C26H33BrO7. The highest BCUT2D eigenvalue weighted by molar-refractivity contribution is 9.10. The molecule has 0 aromatic heterocycles. The Hall–Kier alpha value is -2.74. The lowest BCUT2D eigenvalue weighted by molar-refractivity contribution is -0.167. The minimum absolute atomic E-state index is 0.0138. The van der Waals surface area contributed by atoms with Crippen molar-refractivity contribution in [1.29, 1.82) is 0 Å². The van der Waals surface area contributed by atoms with E-state index < -0.39 is 17.4 Å². The van der Waals surface area contributed by atoms with Crippen LogP contribution in [0.4, 0.5) is 0 Å². The lowest BCUT2D eigenvalue weighted by atomic mass is 9.76. The molecule has 34 heavy (non-hydrogen) atoms. The summed E-state index contributed by atoms with van der Waals surface area (Å²) in [6.07, 6.45) is 0.269. The number of aliphatic carboxylic acids is 1. The molecule has 0 saturated heterocycles. The fourth-order valence-electron chi connectivity index (χ4n) is 3.66. The molecule has 7 nitrogen and oxygen atoms in total. The van der Waals surface area contributed by atoms with Crippen LogP contribution in [0.1, 0.15) is 45.2 Å². The third-order valence-corrected chi connectivity index (χ3v) is 6.04. The Balaban J connectivity index is 2.37. The molecule has 8 heteroatoms. The van der Waals surface area contributed by atoms with Crippen LogP contribution in [-0.4, -0.2) is 43.5 Å². The normalized spacial score (nSPS) is 12.9. The zero-order valence-electron chi connectivity index (χ0n) is 20.5. The first-order valence-corrected chi connectivity index (χ1v) is 11.9. The molecule has 0 saturated carbocycles. The predicted molar refractivity (Wildman–Crippen MR) is 133 cm³/mol. The van der Waals surface area contributed by atoms with Crippen molar-refractivity contribution in [3.8, 4) is 17.2 Å². The highest BCUT2D eigenvalue weighted by Gasteiger charge is 2.47. The van der Waals surface area contributed by atoms with E-state index in [1.54, 1.807) is 37.4 Å². The molecule has 0 aliphatic heterocycles. The maximum Gasteiger partial charge on any atom is 0.323 e. The van der Waals surface area contributed by atoms with Gasteiger partial charge in [0.25, 0.3) is 0 Å². The summed E-state index contributed by atoms with van der Waals surface area (Å²) in [5, 5.41) is 10.2. The Labute approximate surface area is 209 Å². The minimum atomic E-state index is -1.76. The summed E-state index contributed by atoms with van der Waals surface area (Å²) >= 11 is 3.53. The molecule has 1 unspecified atom stereocenters. The highest BCUT2D eigenvalue weighted by Crippen LogP contribution is 2.38. The van der Waals surface area contributed by atoms with Gasteiger partial charge in [-0.1, -0.05) is 28.1 Å². The van der Waals surface area contributed by atoms with E-state index in [0.717, 1.165) is 10.0 Å². The molecule has 2 rings (SSSR count). The molecule has 186 valence electrons. The van der Waals surface area contributed by atoms with Gasteiger partial charge < -0.3 is 24.1 Å². The number of benzene rings is 2. The maximum atomic E-state index is 12.8. The maximum absolute atomic E-state index is 12.8. The molecule has 1 N–H and O–H groups in total. The molecule has 0 bridgehead atoms. The van der Waals surface area contributed by atoms with Gasteiger partial charge in [0.2, 0.25) is 0 Å². The molecule has 0 spiro atoms. The molecular weight excluding hydrogens is 504 g/mol. The first-order valence-electron chi connectivity index (χ1n) is 11.1. The van der Waals surface area contributed by atoms with Gasteiger partial charge in [-0.05, 0) is 82.3 Å². The van der Waals surface area contributed by atoms with E-state index in [4.69, 9.17) is 18.9 Å². The van der Waals surface area contributed by atoms with E-state index in [1.807, 2.05) is 33.8 Å². The SMILES string of the molecule is COC(=O)C(CCc1cc(OC(C)C)c(OC)cc1Br)(Cc1ccc(OC(C)C)cc1)C(=O)O. The van der Waals surface area contributed by atoms with Crippen LogP contribution in [-0.2, 0) is 27.2 Å². The topological polar surface area (TPSA) is 91.3 Å². The first kappa shape index (κ1) is 27.5. The summed E-state index contributed by atoms with van der Waals surface area (Å²) in [5.41, 5.74) is -0.263. The number of ether oxygens (including phenoxy) is 4. The third kappa shape index (κ3) is 6.88. The van der Waals surface area contributed by atoms with Crippen LogP contribution in [0, 0.1) is 5.41 Å². The Kier molecular flexibility index (Phi) is 9.79. The second-order valence-electron chi connectivity index (χ2n) is 8.63. The summed E-state index contributed by atoms with van der Waals surface area (Å²) in [6.45, 7) is 7.67. The lowest BCUT2D eigenvalue weighted by Crippen LogP contribution is -2.42. The molecule has 2 aromatic carbocycles. The lowest BCUT2D eigenvalue weighted by Gasteiger charge is -2.27. The minimum Gasteiger partial charge on any atom is -0.493 e. The van der Waals surface area contributed by atoms with E-state index in [2.05, 4.69) is 15.9 Å². The van der Waals surface area contributed by atoms with Crippen molar-refractivity contribution in [1.82, 2.24) is 0 Å². The van der Waals surface area contributed by atoms with Gasteiger partial charge in [-0.15, -0.1) is 0 Å². The van der Waals surface area contributed by atoms with Crippen molar-refractivity contribution in [2.24, 2.45) is 5.41 Å². The van der Waals surface area contributed by atoms with Crippen LogP contribution in [0.15, 0.2) is 40.9 Å². The zero-order chi connectivity index (χ0) is 25.5. The van der Waals surface area contributed by atoms with Crippen molar-refractivity contribution in [3.63, 3.8) is 0 Å². The monoisotopic (exact) mass is 536 g/mol. The van der Waals surface area contributed by atoms with Crippen molar-refractivity contribution in [2.75, 3.05) is 14.2 Å². The number of carbonyl (C=O) groups is 2. The number of esters is 1. The number of methoxy groups -OCH3 is 2. The average Bonchev–Trinajstić information content (AvgIpc) is 2.77. The summed E-state index contributed by atoms with van der Waals surface area (Å²) in [5.74, 6) is -0.227. The van der Waals surface area contributed by atoms with Crippen molar-refractivity contribution in [2.45, 2.75) is 59.2 Å². The van der Waals surface area contributed by atoms with Crippen LogP contribution >= 0.6 is 15.9 Å². The smallest absolute Gasteiger partial charge is 0.323 e. The van der Waals surface area contributed by atoms with Crippen LogP contribution < -0.4 is 14.2 Å². The Morgan fingerprint density at radius 3 is 2.09 bits per heavy atom. The molecule has 0 fully saturated rings. The van der Waals surface area contributed by atoms with Gasteiger partial charge in [0, 0.05) is 4.47 Å². The molecule has 2 aromatic rings. The second-order valence-corrected chi connectivity index (χ2v) is 9.48. The van der Waals surface area contributed by atoms with E-state index in [-0.39, 0.29) is 25.0 Å². The largest absolute Gasteiger partial charge is 0.493 e. The van der Waals surface area contributed by atoms with Gasteiger partial charge >= 0.3 is 11.9 Å². The number of rotatable bonds is 12. The van der Waals surface area contributed by atoms with Crippen molar-refractivity contribution in [3.05, 3.63) is 52.0 Å². The van der Waals surface area contributed by atoms with Gasteiger partial charge in [0.1, 0.15) is 5.75 Å². The first-order chi connectivity index (χ1) is 16.0. The predicted octanol–water partition coefficient (Wildman–Crippen LogP) is 5.45.